The van der Waals surface area contributed by atoms with E-state index in [-0.39, 0.29) is 16.9 Å². The van der Waals surface area contributed by atoms with Crippen LogP contribution in [0.5, 0.6) is 0 Å². The molecule has 1 heterocycles. The largest absolute Gasteiger partial charge is 0.325 e. The van der Waals surface area contributed by atoms with Crippen LogP contribution in [0.15, 0.2) is 42.5 Å². The number of hydrogen-bond donors (Lipinski definition) is 1. The predicted octanol–water partition coefficient (Wildman–Crippen LogP) is 2.78. The molecular weight excluding hydrogens is 344 g/mol. The monoisotopic (exact) mass is 356 g/mol. The molecule has 0 saturated heterocycles. The maximum Gasteiger partial charge on any atom is 0.262 e. The van der Waals surface area contributed by atoms with Crippen LogP contribution in [0.25, 0.3) is 0 Å². The maximum atomic E-state index is 12.3. The fourth-order valence-electron chi connectivity index (χ4n) is 2.54. The summed E-state index contributed by atoms with van der Waals surface area (Å²) in [4.78, 5) is 48.8. The molecule has 0 bridgehead atoms. The number of imide groups is 1. The Kier molecular flexibility index (Phi) is 4.37. The quantitative estimate of drug-likeness (QED) is 0.674. The number of nitrogens with one attached hydrogen (secondary N) is 1. The number of benzene rings is 2. The molecule has 0 atom stereocenters. The van der Waals surface area contributed by atoms with Gasteiger partial charge in [0.15, 0.2) is 5.78 Å². The van der Waals surface area contributed by atoms with Gasteiger partial charge in [0, 0.05) is 16.3 Å². The highest BCUT2D eigenvalue weighted by molar-refractivity contribution is 6.32. The first-order valence-corrected chi connectivity index (χ1v) is 7.81. The van der Waals surface area contributed by atoms with Gasteiger partial charge in [-0.1, -0.05) is 11.6 Å². The highest BCUT2D eigenvalue weighted by Gasteiger charge is 2.36. The Labute approximate surface area is 148 Å². The molecule has 0 radical (unpaired) electrons. The summed E-state index contributed by atoms with van der Waals surface area (Å²) in [5, 5.41) is 2.94. The van der Waals surface area contributed by atoms with Gasteiger partial charge in [0.25, 0.3) is 11.8 Å². The fraction of sp³-hybridized carbons (Fsp3) is 0.111. The Hall–Kier alpha value is -2.99. The molecule has 0 aliphatic carbocycles. The van der Waals surface area contributed by atoms with E-state index < -0.39 is 24.3 Å². The number of anilines is 1. The van der Waals surface area contributed by atoms with E-state index in [1.54, 1.807) is 24.3 Å². The van der Waals surface area contributed by atoms with Crippen molar-refractivity contribution in [2.24, 2.45) is 0 Å². The lowest BCUT2D eigenvalue weighted by molar-refractivity contribution is -0.116. The molecular formula is C18H13ClN2O4. The van der Waals surface area contributed by atoms with Gasteiger partial charge >= 0.3 is 0 Å². The third-order valence-electron chi connectivity index (χ3n) is 3.81. The first kappa shape index (κ1) is 16.9. The van der Waals surface area contributed by atoms with E-state index >= 15 is 0 Å². The number of halogens is 1. The summed E-state index contributed by atoms with van der Waals surface area (Å²) < 4.78 is 0. The molecule has 0 saturated carbocycles. The van der Waals surface area contributed by atoms with Gasteiger partial charge in [-0.3, -0.25) is 24.1 Å². The SMILES string of the molecule is CC(=O)c1ccc(NC(=O)CN2C(=O)c3ccc(Cl)cc3C2=O)cc1. The summed E-state index contributed by atoms with van der Waals surface area (Å²) in [5.74, 6) is -1.68. The van der Waals surface area contributed by atoms with Gasteiger partial charge in [-0.2, -0.15) is 0 Å². The Balaban J connectivity index is 1.70. The molecule has 2 aromatic rings. The van der Waals surface area contributed by atoms with Crippen molar-refractivity contribution in [2.45, 2.75) is 6.92 Å². The highest BCUT2D eigenvalue weighted by Crippen LogP contribution is 2.25. The Bertz CT molecular complexity index is 906. The van der Waals surface area contributed by atoms with Gasteiger partial charge in [-0.05, 0) is 49.4 Å². The molecule has 0 unspecified atom stereocenters. The van der Waals surface area contributed by atoms with Crippen molar-refractivity contribution in [2.75, 3.05) is 11.9 Å². The van der Waals surface area contributed by atoms with Gasteiger partial charge in [0.05, 0.1) is 11.1 Å². The molecule has 7 heteroatoms. The number of carbonyl (C=O) groups excluding carboxylic acids is 4. The molecule has 3 rings (SSSR count). The van der Waals surface area contributed by atoms with Crippen LogP contribution in [0.2, 0.25) is 5.02 Å². The number of amides is 3. The number of nitrogens with zero attached hydrogens (tertiary/aromatic N) is 1. The Morgan fingerprint density at radius 2 is 1.64 bits per heavy atom. The van der Waals surface area contributed by atoms with Gasteiger partial charge < -0.3 is 5.32 Å². The van der Waals surface area contributed by atoms with Gasteiger partial charge in [-0.15, -0.1) is 0 Å². The second kappa shape index (κ2) is 6.49. The molecule has 0 aromatic heterocycles. The van der Waals surface area contributed by atoms with Crippen molar-refractivity contribution in [3.63, 3.8) is 0 Å². The lowest BCUT2D eigenvalue weighted by atomic mass is 10.1. The summed E-state index contributed by atoms with van der Waals surface area (Å²) in [6, 6.07) is 10.7. The molecule has 0 fully saturated rings. The van der Waals surface area contributed by atoms with E-state index in [4.69, 9.17) is 11.6 Å². The van der Waals surface area contributed by atoms with Gasteiger partial charge in [0.2, 0.25) is 5.91 Å². The van der Waals surface area contributed by atoms with E-state index in [9.17, 15) is 19.2 Å². The van der Waals surface area contributed by atoms with E-state index in [0.29, 0.717) is 16.3 Å². The lowest BCUT2D eigenvalue weighted by Crippen LogP contribution is -2.37. The summed E-state index contributed by atoms with van der Waals surface area (Å²) >= 11 is 5.85. The lowest BCUT2D eigenvalue weighted by Gasteiger charge is -2.13. The smallest absolute Gasteiger partial charge is 0.262 e. The Morgan fingerprint density at radius 1 is 1.00 bits per heavy atom. The van der Waals surface area contributed by atoms with Crippen LogP contribution in [0, 0.1) is 0 Å². The summed E-state index contributed by atoms with van der Waals surface area (Å²) in [6.45, 7) is 1.04. The van der Waals surface area contributed by atoms with Crippen molar-refractivity contribution in [3.05, 3.63) is 64.2 Å². The average Bonchev–Trinajstić information content (AvgIpc) is 2.80. The van der Waals surface area contributed by atoms with Gasteiger partial charge in [-0.25, -0.2) is 0 Å². The average molecular weight is 357 g/mol. The molecule has 6 nitrogen and oxygen atoms in total. The van der Waals surface area contributed by atoms with Crippen LogP contribution in [0.3, 0.4) is 0 Å². The first-order chi connectivity index (χ1) is 11.9. The number of carbonyl (C=O) groups is 4. The standard InChI is InChI=1S/C18H13ClN2O4/c1-10(22)11-2-5-13(6-3-11)20-16(23)9-21-17(24)14-7-4-12(19)8-15(14)18(21)25/h2-8H,9H2,1H3,(H,20,23). The molecule has 1 N–H and O–H groups in total. The number of Topliss-reactive ketones (excluding diaryl/α,β-unsaturated/α-hetero) is 1. The van der Waals surface area contributed by atoms with Crippen LogP contribution in [0.4, 0.5) is 5.69 Å². The fourth-order valence-corrected chi connectivity index (χ4v) is 2.71. The number of rotatable bonds is 4. The molecule has 2 aromatic carbocycles. The van der Waals surface area contributed by atoms with Crippen molar-refractivity contribution < 1.29 is 19.2 Å². The highest BCUT2D eigenvalue weighted by atomic mass is 35.5. The zero-order chi connectivity index (χ0) is 18.1. The van der Waals surface area contributed by atoms with E-state index in [1.165, 1.54) is 25.1 Å². The molecule has 0 spiro atoms. The first-order valence-electron chi connectivity index (χ1n) is 7.43. The molecule has 25 heavy (non-hydrogen) atoms. The van der Waals surface area contributed by atoms with Crippen LogP contribution in [-0.2, 0) is 4.79 Å². The van der Waals surface area contributed by atoms with E-state index in [2.05, 4.69) is 5.32 Å². The van der Waals surface area contributed by atoms with Crippen molar-refractivity contribution >= 4 is 40.8 Å². The zero-order valence-corrected chi connectivity index (χ0v) is 14.0. The Morgan fingerprint density at radius 3 is 2.28 bits per heavy atom. The number of ketones is 1. The van der Waals surface area contributed by atoms with Crippen LogP contribution >= 0.6 is 11.6 Å². The van der Waals surface area contributed by atoms with Crippen LogP contribution < -0.4 is 5.32 Å². The predicted molar refractivity (Wildman–Crippen MR) is 91.9 cm³/mol. The summed E-state index contributed by atoms with van der Waals surface area (Å²) in [5.41, 5.74) is 1.41. The second-order valence-electron chi connectivity index (χ2n) is 5.57. The summed E-state index contributed by atoms with van der Waals surface area (Å²) in [7, 11) is 0. The molecule has 1 aliphatic rings. The maximum absolute atomic E-state index is 12.3. The number of fused-ring (bicyclic) bond motifs is 1. The van der Waals surface area contributed by atoms with Gasteiger partial charge in [0.1, 0.15) is 6.54 Å². The molecule has 126 valence electrons. The minimum absolute atomic E-state index is 0.0810. The van der Waals surface area contributed by atoms with Crippen molar-refractivity contribution in [3.8, 4) is 0 Å². The van der Waals surface area contributed by atoms with Crippen LogP contribution in [0.1, 0.15) is 38.0 Å². The molecule has 3 amide bonds. The van der Waals surface area contributed by atoms with Crippen molar-refractivity contribution in [1.29, 1.82) is 0 Å². The minimum atomic E-state index is -0.551. The third kappa shape index (κ3) is 3.29. The second-order valence-corrected chi connectivity index (χ2v) is 6.00. The van der Waals surface area contributed by atoms with E-state index in [1.807, 2.05) is 0 Å². The topological polar surface area (TPSA) is 83.6 Å². The van der Waals surface area contributed by atoms with Crippen LogP contribution in [-0.4, -0.2) is 34.9 Å². The normalized spacial score (nSPS) is 13.0. The molecule has 1 aliphatic heterocycles. The van der Waals surface area contributed by atoms with Crippen molar-refractivity contribution in [1.82, 2.24) is 4.90 Å². The third-order valence-corrected chi connectivity index (χ3v) is 4.04. The van der Waals surface area contributed by atoms with E-state index in [0.717, 1.165) is 4.90 Å². The minimum Gasteiger partial charge on any atom is -0.325 e. The zero-order valence-electron chi connectivity index (χ0n) is 13.2. The number of hydrogen-bond acceptors (Lipinski definition) is 4. The summed E-state index contributed by atoms with van der Waals surface area (Å²) in [6.07, 6.45) is 0.